The van der Waals surface area contributed by atoms with Crippen molar-refractivity contribution in [3.8, 4) is 0 Å². The Bertz CT molecular complexity index is 1430. The molecule has 326 valence electrons. The number of epoxide rings is 1. The first-order chi connectivity index (χ1) is 26.9. The number of aliphatic hydroxyl groups excluding tert-OH is 3. The van der Waals surface area contributed by atoms with Crippen LogP contribution in [-0.4, -0.2) is 143 Å². The molecule has 14 heteroatoms. The first kappa shape index (κ1) is 46.1. The van der Waals surface area contributed by atoms with Crippen molar-refractivity contribution in [1.29, 1.82) is 0 Å². The molecule has 1 saturated carbocycles. The highest BCUT2D eigenvalue weighted by Gasteiger charge is 2.59. The summed E-state index contributed by atoms with van der Waals surface area (Å²) in [7, 11) is 4.65. The van der Waals surface area contributed by atoms with Crippen LogP contribution in [0.5, 0.6) is 0 Å². The number of allylic oxidation sites excluding steroid dienone is 1. The number of fused-ring (bicyclic) bond motifs is 4. The van der Waals surface area contributed by atoms with Gasteiger partial charge in [0.05, 0.1) is 48.3 Å². The number of piperidine rings is 1. The van der Waals surface area contributed by atoms with Crippen molar-refractivity contribution in [3.05, 3.63) is 11.6 Å². The van der Waals surface area contributed by atoms with Gasteiger partial charge in [-0.2, -0.15) is 0 Å². The van der Waals surface area contributed by atoms with Gasteiger partial charge in [0.1, 0.15) is 18.2 Å². The maximum absolute atomic E-state index is 14.3. The third kappa shape index (κ3) is 9.97. The molecule has 4 N–H and O–H groups in total. The largest absolute Gasteiger partial charge is 0.456 e. The van der Waals surface area contributed by atoms with Crippen LogP contribution in [0, 0.1) is 29.6 Å². The maximum Gasteiger partial charge on any atom is 0.329 e. The van der Waals surface area contributed by atoms with E-state index in [-0.39, 0.29) is 55.8 Å². The molecular formula is C43H71NO13. The fourth-order valence-corrected chi connectivity index (χ4v) is 10.4. The number of aliphatic hydroxyl groups is 4. The van der Waals surface area contributed by atoms with Gasteiger partial charge in [-0.25, -0.2) is 4.79 Å². The normalized spacial score (nSPS) is 46.0. The summed E-state index contributed by atoms with van der Waals surface area (Å²) < 4.78 is 36.2. The smallest absolute Gasteiger partial charge is 0.329 e. The van der Waals surface area contributed by atoms with Crippen molar-refractivity contribution in [2.75, 3.05) is 27.9 Å². The molecule has 5 rings (SSSR count). The van der Waals surface area contributed by atoms with Crippen molar-refractivity contribution in [2.24, 2.45) is 29.6 Å². The summed E-state index contributed by atoms with van der Waals surface area (Å²) in [5.41, 5.74) is 0.143. The fraction of sp³-hybridized carbons (Fsp3) is 0.884. The van der Waals surface area contributed by atoms with Crippen molar-refractivity contribution in [3.63, 3.8) is 0 Å². The minimum absolute atomic E-state index is 0.0107. The Hall–Kier alpha value is -2.01. The number of Topliss-reactive ketones (excluding diaryl/α,β-unsaturated/α-hetero) is 1. The fourth-order valence-electron chi connectivity index (χ4n) is 10.4. The van der Waals surface area contributed by atoms with Gasteiger partial charge >= 0.3 is 5.97 Å². The second-order valence-electron chi connectivity index (χ2n) is 18.2. The molecule has 0 radical (unpaired) electrons. The van der Waals surface area contributed by atoms with Gasteiger partial charge in [0.15, 0.2) is 0 Å². The lowest BCUT2D eigenvalue weighted by Gasteiger charge is -2.47. The van der Waals surface area contributed by atoms with Crippen LogP contribution in [0.3, 0.4) is 0 Å². The van der Waals surface area contributed by atoms with E-state index in [0.717, 1.165) is 0 Å². The Balaban J connectivity index is 1.52. The first-order valence-corrected chi connectivity index (χ1v) is 21.4. The number of cyclic esters (lactones) is 1. The van der Waals surface area contributed by atoms with E-state index in [1.165, 1.54) is 19.1 Å². The summed E-state index contributed by atoms with van der Waals surface area (Å²) in [6.45, 7) is 11.4. The molecule has 0 aromatic heterocycles. The predicted molar refractivity (Wildman–Crippen MR) is 209 cm³/mol. The minimum Gasteiger partial charge on any atom is -0.456 e. The standard InChI is InChI=1S/C43H71NO13/c1-10-28-32(47)21-31(46)26(5)36(24(3)18-27-14-15-30(45)33(20-27)52-7)55-41(50)29-13-11-12-16-44(29)40(49)38(48)43(51)25(4)19-35(54-9)37(56-43)34(53-8)17-23(2)22-42(6)39(28)57-42/h18,23,25-37,39,45-47,51H,10-17,19-22H2,1-9H3/b24-18+/t23-,25+,26+,27-,28+,29-,30+,31+,32-,33+,34-,35-,36-,37+,39?,42?,43+/m0/s1. The number of ether oxygens (including phenoxy) is 6. The van der Waals surface area contributed by atoms with Gasteiger partial charge in [-0.15, -0.1) is 0 Å². The third-order valence-corrected chi connectivity index (χ3v) is 14.0. The molecule has 14 nitrogen and oxygen atoms in total. The third-order valence-electron chi connectivity index (χ3n) is 14.0. The van der Waals surface area contributed by atoms with Gasteiger partial charge in [-0.3, -0.25) is 9.59 Å². The lowest BCUT2D eigenvalue weighted by molar-refractivity contribution is -0.302. The SMILES string of the molecule is CC[C@H]1C2OC2(C)C[C@@H](C)C[C@H](OC)[C@H]2O[C@@](O)(C(=O)C(=O)N3CCCC[C@H]3C(=O)O[C@@H](/C(C)=C/[C@@H]3CC[C@@H](O)[C@H](OC)C3)[C@H](C)[C@H](O)C[C@@H]1O)[C@H](C)C[C@@H]2OC. The number of carbonyl (C=O) groups excluding carboxylic acids is 3. The molecule has 4 saturated heterocycles. The average molecular weight is 810 g/mol. The molecule has 57 heavy (non-hydrogen) atoms. The number of hydrogen-bond donors (Lipinski definition) is 4. The second kappa shape index (κ2) is 19.1. The highest BCUT2D eigenvalue weighted by atomic mass is 16.7. The second-order valence-corrected chi connectivity index (χ2v) is 18.2. The van der Waals surface area contributed by atoms with E-state index in [9.17, 15) is 34.8 Å². The Morgan fingerprint density at radius 2 is 1.53 bits per heavy atom. The zero-order chi connectivity index (χ0) is 42.0. The zero-order valence-corrected chi connectivity index (χ0v) is 35.6. The Morgan fingerprint density at radius 1 is 0.860 bits per heavy atom. The Labute approximate surface area is 338 Å². The highest BCUT2D eigenvalue weighted by Crippen LogP contribution is 2.49. The molecule has 2 unspecified atom stereocenters. The topological polar surface area (TPSA) is 194 Å². The van der Waals surface area contributed by atoms with E-state index in [1.54, 1.807) is 21.0 Å². The Kier molecular flexibility index (Phi) is 15.5. The van der Waals surface area contributed by atoms with E-state index in [1.807, 2.05) is 26.8 Å². The lowest BCUT2D eigenvalue weighted by atomic mass is 9.79. The summed E-state index contributed by atoms with van der Waals surface area (Å²) in [6.07, 6.45) is 0.996. The molecule has 1 aliphatic carbocycles. The summed E-state index contributed by atoms with van der Waals surface area (Å²) in [6, 6.07) is -1.12. The van der Waals surface area contributed by atoms with Crippen molar-refractivity contribution in [1.82, 2.24) is 4.90 Å². The number of amides is 1. The van der Waals surface area contributed by atoms with Crippen molar-refractivity contribution in [2.45, 2.75) is 185 Å². The van der Waals surface area contributed by atoms with E-state index in [0.29, 0.717) is 56.9 Å². The Morgan fingerprint density at radius 3 is 2.18 bits per heavy atom. The molecule has 0 spiro atoms. The molecule has 17 atom stereocenters. The van der Waals surface area contributed by atoms with Crippen LogP contribution in [-0.2, 0) is 42.8 Å². The zero-order valence-electron chi connectivity index (χ0n) is 35.6. The number of rotatable bonds is 6. The van der Waals surface area contributed by atoms with E-state index >= 15 is 0 Å². The van der Waals surface area contributed by atoms with Crippen LogP contribution < -0.4 is 0 Å². The highest BCUT2D eigenvalue weighted by molar-refractivity contribution is 6.39. The predicted octanol–water partition coefficient (Wildman–Crippen LogP) is 3.48. The van der Waals surface area contributed by atoms with Crippen LogP contribution in [0.2, 0.25) is 0 Å². The minimum atomic E-state index is -2.50. The molecule has 5 fully saturated rings. The van der Waals surface area contributed by atoms with E-state index < -0.39 is 89.7 Å². The van der Waals surface area contributed by atoms with Crippen LogP contribution in [0.15, 0.2) is 11.6 Å². The molecule has 1 amide bonds. The van der Waals surface area contributed by atoms with Gasteiger partial charge in [-0.05, 0) is 95.5 Å². The number of carbonyl (C=O) groups is 3. The lowest BCUT2D eigenvalue weighted by Crippen LogP contribution is -2.64. The summed E-state index contributed by atoms with van der Waals surface area (Å²) in [5.74, 6) is -7.15. The monoisotopic (exact) mass is 809 g/mol. The molecular weight excluding hydrogens is 738 g/mol. The van der Waals surface area contributed by atoms with Gasteiger partial charge in [0.25, 0.3) is 11.7 Å². The average Bonchev–Trinajstić information content (AvgIpc) is 3.84. The number of hydrogen-bond acceptors (Lipinski definition) is 13. The molecule has 5 aliphatic rings. The number of methoxy groups -OCH3 is 3. The number of ketones is 1. The first-order valence-electron chi connectivity index (χ1n) is 21.4. The number of esters is 1. The van der Waals surface area contributed by atoms with Crippen LogP contribution in [0.4, 0.5) is 0 Å². The van der Waals surface area contributed by atoms with Gasteiger partial charge in [0.2, 0.25) is 5.79 Å². The van der Waals surface area contributed by atoms with Crippen LogP contribution in [0.1, 0.15) is 112 Å². The quantitative estimate of drug-likeness (QED) is 0.132. The van der Waals surface area contributed by atoms with E-state index in [2.05, 4.69) is 6.92 Å². The summed E-state index contributed by atoms with van der Waals surface area (Å²) >= 11 is 0. The number of nitrogens with zero attached hydrogens (tertiary/aromatic N) is 1. The van der Waals surface area contributed by atoms with Crippen LogP contribution >= 0.6 is 0 Å². The van der Waals surface area contributed by atoms with Gasteiger partial charge < -0.3 is 53.7 Å². The summed E-state index contributed by atoms with van der Waals surface area (Å²) in [5, 5.41) is 46.0. The molecule has 2 bridgehead atoms. The summed E-state index contributed by atoms with van der Waals surface area (Å²) in [4.78, 5) is 44.0. The van der Waals surface area contributed by atoms with Gasteiger partial charge in [0, 0.05) is 52.0 Å². The van der Waals surface area contributed by atoms with Gasteiger partial charge in [-0.1, -0.05) is 33.8 Å². The molecule has 0 aromatic carbocycles. The van der Waals surface area contributed by atoms with E-state index in [4.69, 9.17) is 28.4 Å². The molecule has 4 heterocycles. The van der Waals surface area contributed by atoms with Crippen molar-refractivity contribution < 1.29 is 63.2 Å². The molecule has 4 aliphatic heterocycles. The molecule has 0 aromatic rings. The van der Waals surface area contributed by atoms with Crippen LogP contribution in [0.25, 0.3) is 0 Å². The maximum atomic E-state index is 14.3. The van der Waals surface area contributed by atoms with Crippen molar-refractivity contribution >= 4 is 17.7 Å².